The summed E-state index contributed by atoms with van der Waals surface area (Å²) >= 11 is 0. The van der Waals surface area contributed by atoms with Crippen molar-refractivity contribution < 1.29 is 9.63 Å². The summed E-state index contributed by atoms with van der Waals surface area (Å²) in [5.74, 6) is -0.0136. The lowest BCUT2D eigenvalue weighted by atomic mass is 9.83. The Bertz CT molecular complexity index is 427. The minimum absolute atomic E-state index is 0.0136. The molecule has 4 heteroatoms. The zero-order valence-corrected chi connectivity index (χ0v) is 12.4. The van der Waals surface area contributed by atoms with Crippen LogP contribution in [0.2, 0.25) is 0 Å². The van der Waals surface area contributed by atoms with E-state index in [9.17, 15) is 4.79 Å². The Hall–Kier alpha value is -1.23. The summed E-state index contributed by atoms with van der Waals surface area (Å²) in [6.45, 7) is 2.28. The summed E-state index contributed by atoms with van der Waals surface area (Å²) in [5, 5.41) is 2.00. The molecule has 0 atom stereocenters. The number of carbonyl (C=O) groups is 1. The van der Waals surface area contributed by atoms with E-state index < -0.39 is 0 Å². The molecule has 0 unspecified atom stereocenters. The minimum atomic E-state index is -0.0136. The summed E-state index contributed by atoms with van der Waals surface area (Å²) in [6.07, 6.45) is 6.15. The lowest BCUT2D eigenvalue weighted by Gasteiger charge is -2.41. The highest BCUT2D eigenvalue weighted by Gasteiger charge is 2.31. The molecule has 1 aliphatic carbocycles. The topological polar surface area (TPSA) is 41.6 Å². The van der Waals surface area contributed by atoms with Crippen LogP contribution in [-0.4, -0.2) is 30.0 Å². The molecule has 0 heterocycles. The second-order valence-corrected chi connectivity index (χ2v) is 5.79. The maximum absolute atomic E-state index is 11.9. The van der Waals surface area contributed by atoms with Gasteiger partial charge in [0.15, 0.2) is 5.78 Å². The van der Waals surface area contributed by atoms with Gasteiger partial charge in [0.05, 0.1) is 0 Å². The summed E-state index contributed by atoms with van der Waals surface area (Å²) < 4.78 is 0. The van der Waals surface area contributed by atoms with Gasteiger partial charge in [-0.25, -0.2) is 5.01 Å². The van der Waals surface area contributed by atoms with Crippen molar-refractivity contribution in [1.29, 1.82) is 0 Å². The van der Waals surface area contributed by atoms with E-state index in [0.29, 0.717) is 5.56 Å². The first-order chi connectivity index (χ1) is 9.62. The van der Waals surface area contributed by atoms with Crippen molar-refractivity contribution in [3.63, 3.8) is 0 Å². The van der Waals surface area contributed by atoms with Crippen molar-refractivity contribution in [3.8, 4) is 0 Å². The monoisotopic (exact) mass is 276 g/mol. The molecule has 1 N–H and O–H groups in total. The first-order valence-corrected chi connectivity index (χ1v) is 7.31. The number of carbonyl (C=O) groups excluding carboxylic acids is 1. The fraction of sp³-hybridized carbons (Fsp3) is 0.562. The first-order valence-electron chi connectivity index (χ1n) is 7.31. The molecule has 2 rings (SSSR count). The molecular formula is C16H24N2O2. The van der Waals surface area contributed by atoms with Gasteiger partial charge in [0.2, 0.25) is 0 Å². The van der Waals surface area contributed by atoms with Crippen molar-refractivity contribution in [2.75, 3.05) is 13.7 Å². The van der Waals surface area contributed by atoms with Crippen molar-refractivity contribution in [1.82, 2.24) is 10.6 Å². The third-order valence-corrected chi connectivity index (χ3v) is 4.24. The van der Waals surface area contributed by atoms with Crippen molar-refractivity contribution >= 4 is 5.78 Å². The summed E-state index contributed by atoms with van der Waals surface area (Å²) in [6, 6.07) is 9.22. The average Bonchev–Trinajstić information content (AvgIpc) is 2.48. The molecule has 1 saturated carbocycles. The Labute approximate surface area is 121 Å². The Kier molecular flexibility index (Phi) is 5.29. The molecule has 1 aromatic carbocycles. The SMILES string of the molecule is CN(NOCC(=O)c1ccccc1)C1(C)CCCCC1. The largest absolute Gasteiger partial charge is 0.291 e. The molecule has 1 fully saturated rings. The third-order valence-electron chi connectivity index (χ3n) is 4.24. The molecule has 0 spiro atoms. The molecule has 0 aliphatic heterocycles. The van der Waals surface area contributed by atoms with Crippen LogP contribution in [0.5, 0.6) is 0 Å². The molecular weight excluding hydrogens is 252 g/mol. The Morgan fingerprint density at radius 1 is 1.25 bits per heavy atom. The number of hydrogen-bond donors (Lipinski definition) is 1. The molecule has 0 aromatic heterocycles. The van der Waals surface area contributed by atoms with Crippen LogP contribution in [0.4, 0.5) is 0 Å². The van der Waals surface area contributed by atoms with Crippen LogP contribution < -0.4 is 5.59 Å². The molecule has 20 heavy (non-hydrogen) atoms. The Balaban J connectivity index is 1.76. The maximum atomic E-state index is 11.9. The number of nitrogens with zero attached hydrogens (tertiary/aromatic N) is 1. The summed E-state index contributed by atoms with van der Waals surface area (Å²) in [4.78, 5) is 17.3. The van der Waals surface area contributed by atoms with Crippen LogP contribution in [0.3, 0.4) is 0 Å². The highest BCUT2D eigenvalue weighted by Crippen LogP contribution is 2.31. The lowest BCUT2D eigenvalue weighted by molar-refractivity contribution is -0.116. The van der Waals surface area contributed by atoms with Crippen LogP contribution in [0.1, 0.15) is 49.4 Å². The molecule has 0 amide bonds. The number of nitrogens with one attached hydrogen (secondary N) is 1. The quantitative estimate of drug-likeness (QED) is 0.640. The normalized spacial score (nSPS) is 18.1. The minimum Gasteiger partial charge on any atom is -0.291 e. The smallest absolute Gasteiger partial charge is 0.190 e. The Morgan fingerprint density at radius 3 is 2.55 bits per heavy atom. The molecule has 4 nitrogen and oxygen atoms in total. The van der Waals surface area contributed by atoms with E-state index in [1.54, 1.807) is 12.1 Å². The van der Waals surface area contributed by atoms with Gasteiger partial charge in [0.1, 0.15) is 6.61 Å². The molecule has 0 saturated heterocycles. The van der Waals surface area contributed by atoms with E-state index in [-0.39, 0.29) is 17.9 Å². The predicted octanol–water partition coefficient (Wildman–Crippen LogP) is 2.96. The van der Waals surface area contributed by atoms with Crippen LogP contribution in [0.25, 0.3) is 0 Å². The zero-order valence-electron chi connectivity index (χ0n) is 12.4. The van der Waals surface area contributed by atoms with Gasteiger partial charge < -0.3 is 0 Å². The second-order valence-electron chi connectivity index (χ2n) is 5.79. The first kappa shape index (κ1) is 15.2. The van der Waals surface area contributed by atoms with Gasteiger partial charge in [-0.15, -0.1) is 5.59 Å². The van der Waals surface area contributed by atoms with Crippen LogP contribution in [0.15, 0.2) is 30.3 Å². The van der Waals surface area contributed by atoms with Crippen LogP contribution in [0, 0.1) is 0 Å². The van der Waals surface area contributed by atoms with Gasteiger partial charge >= 0.3 is 0 Å². The van der Waals surface area contributed by atoms with Crippen molar-refractivity contribution in [3.05, 3.63) is 35.9 Å². The standard InChI is InChI=1S/C16H24N2O2/c1-16(11-7-4-8-12-16)18(2)17-20-13-15(19)14-9-5-3-6-10-14/h3,5-6,9-10,17H,4,7-8,11-13H2,1-2H3. The number of Topliss-reactive ketones (excluding diaryl/α,β-unsaturated/α-hetero) is 1. The van der Waals surface area contributed by atoms with Gasteiger partial charge in [0, 0.05) is 18.2 Å². The molecule has 110 valence electrons. The van der Waals surface area contributed by atoms with E-state index in [1.165, 1.54) is 19.3 Å². The van der Waals surface area contributed by atoms with E-state index in [2.05, 4.69) is 12.5 Å². The lowest BCUT2D eigenvalue weighted by Crippen LogP contribution is -2.52. The number of ketones is 1. The van der Waals surface area contributed by atoms with Gasteiger partial charge in [-0.05, 0) is 19.8 Å². The van der Waals surface area contributed by atoms with Gasteiger partial charge in [0.25, 0.3) is 0 Å². The van der Waals surface area contributed by atoms with E-state index in [0.717, 1.165) is 12.8 Å². The highest BCUT2D eigenvalue weighted by atomic mass is 16.7. The second kappa shape index (κ2) is 6.97. The van der Waals surface area contributed by atoms with Gasteiger partial charge in [-0.1, -0.05) is 49.6 Å². The van der Waals surface area contributed by atoms with Crippen molar-refractivity contribution in [2.24, 2.45) is 0 Å². The molecule has 0 bridgehead atoms. The number of hydrogen-bond acceptors (Lipinski definition) is 4. The molecule has 1 aromatic rings. The summed E-state index contributed by atoms with van der Waals surface area (Å²) in [7, 11) is 1.98. The van der Waals surface area contributed by atoms with Crippen molar-refractivity contribution in [2.45, 2.75) is 44.6 Å². The summed E-state index contributed by atoms with van der Waals surface area (Å²) in [5.41, 5.74) is 3.71. The highest BCUT2D eigenvalue weighted by molar-refractivity contribution is 5.96. The Morgan fingerprint density at radius 2 is 1.90 bits per heavy atom. The number of rotatable bonds is 6. The van der Waals surface area contributed by atoms with Crippen LogP contribution >= 0.6 is 0 Å². The van der Waals surface area contributed by atoms with Crippen LogP contribution in [-0.2, 0) is 4.84 Å². The molecule has 0 radical (unpaired) electrons. The fourth-order valence-electron chi connectivity index (χ4n) is 2.66. The van der Waals surface area contributed by atoms with Gasteiger partial charge in [-0.3, -0.25) is 9.63 Å². The van der Waals surface area contributed by atoms with Gasteiger partial charge in [-0.2, -0.15) is 0 Å². The average molecular weight is 276 g/mol. The van der Waals surface area contributed by atoms with E-state index in [4.69, 9.17) is 4.84 Å². The number of benzene rings is 1. The third kappa shape index (κ3) is 3.88. The van der Waals surface area contributed by atoms with E-state index >= 15 is 0 Å². The van der Waals surface area contributed by atoms with E-state index in [1.807, 2.05) is 30.3 Å². The maximum Gasteiger partial charge on any atom is 0.190 e. The predicted molar refractivity (Wildman–Crippen MR) is 79.1 cm³/mol. The molecule has 1 aliphatic rings. The zero-order chi connectivity index (χ0) is 14.4. The fourth-order valence-corrected chi connectivity index (χ4v) is 2.66. The number of hydrazine groups is 1.